The zero-order valence-electron chi connectivity index (χ0n) is 23.5. The molecule has 1 fully saturated rings. The van der Waals surface area contributed by atoms with Crippen LogP contribution in [0.3, 0.4) is 0 Å². The summed E-state index contributed by atoms with van der Waals surface area (Å²) in [6, 6.07) is 20.3. The van der Waals surface area contributed by atoms with Crippen LogP contribution in [0.5, 0.6) is 0 Å². The number of aryl methyl sites for hydroxylation is 3. The quantitative estimate of drug-likeness (QED) is 0.231. The number of para-hydroxylation sites is 1. The lowest BCUT2D eigenvalue weighted by atomic mass is 9.96. The summed E-state index contributed by atoms with van der Waals surface area (Å²) >= 11 is 5.82. The minimum Gasteiger partial charge on any atom is -0.478 e. The van der Waals surface area contributed by atoms with Gasteiger partial charge in [0.15, 0.2) is 5.11 Å². The van der Waals surface area contributed by atoms with E-state index in [-0.39, 0.29) is 30.0 Å². The minimum atomic E-state index is -0.968. The first-order valence-corrected chi connectivity index (χ1v) is 13.9. The zero-order valence-corrected chi connectivity index (χ0v) is 24.3. The first-order valence-electron chi connectivity index (χ1n) is 13.5. The van der Waals surface area contributed by atoms with E-state index in [2.05, 4.69) is 31.2 Å². The van der Waals surface area contributed by atoms with E-state index in [0.29, 0.717) is 11.7 Å². The van der Waals surface area contributed by atoms with E-state index in [0.717, 1.165) is 45.1 Å². The first-order chi connectivity index (χ1) is 19.7. The molecular weight excluding hydrogens is 534 g/mol. The van der Waals surface area contributed by atoms with Crippen LogP contribution < -0.4 is 10.6 Å². The normalized spacial score (nSPS) is 16.5. The number of hydrogen-bond acceptors (Lipinski definition) is 4. The van der Waals surface area contributed by atoms with Crippen molar-refractivity contribution in [3.05, 3.63) is 112 Å². The van der Waals surface area contributed by atoms with Gasteiger partial charge in [-0.2, -0.15) is 0 Å². The number of benzene rings is 2. The third-order valence-electron chi connectivity index (χ3n) is 7.68. The van der Waals surface area contributed by atoms with Crippen LogP contribution in [-0.4, -0.2) is 43.1 Å². The van der Waals surface area contributed by atoms with Crippen LogP contribution in [0.1, 0.15) is 62.6 Å². The van der Waals surface area contributed by atoms with Crippen molar-refractivity contribution in [2.45, 2.75) is 46.2 Å². The second-order valence-electron chi connectivity index (χ2n) is 10.4. The predicted octanol–water partition coefficient (Wildman–Crippen LogP) is 5.81. The Morgan fingerprint density at radius 1 is 1.00 bits per heavy atom. The Kier molecular flexibility index (Phi) is 7.90. The molecule has 5 rings (SSSR count). The molecule has 3 heterocycles. The zero-order chi connectivity index (χ0) is 29.3. The number of rotatable bonds is 8. The summed E-state index contributed by atoms with van der Waals surface area (Å²) in [5.74, 6) is -1.06. The molecule has 1 aliphatic heterocycles. The molecule has 9 heteroatoms. The molecule has 0 unspecified atom stereocenters. The van der Waals surface area contributed by atoms with Gasteiger partial charge in [-0.15, -0.1) is 0 Å². The molecule has 8 nitrogen and oxygen atoms in total. The monoisotopic (exact) mass is 567 g/mol. The number of carbonyl (C=O) groups is 2. The van der Waals surface area contributed by atoms with Gasteiger partial charge in [0.25, 0.3) is 0 Å². The van der Waals surface area contributed by atoms with Gasteiger partial charge in [-0.3, -0.25) is 9.78 Å². The number of aromatic carboxylic acids is 1. The smallest absolute Gasteiger partial charge is 0.335 e. The Hall–Kier alpha value is -4.50. The summed E-state index contributed by atoms with van der Waals surface area (Å²) < 4.78 is 2.09. The number of aromatic nitrogens is 2. The maximum absolute atomic E-state index is 13.0. The highest BCUT2D eigenvalue weighted by atomic mass is 32.1. The van der Waals surface area contributed by atoms with Crippen molar-refractivity contribution in [3.63, 3.8) is 0 Å². The summed E-state index contributed by atoms with van der Waals surface area (Å²) in [5.41, 5.74) is 7.64. The minimum absolute atomic E-state index is 0.0891. The van der Waals surface area contributed by atoms with Gasteiger partial charge in [-0.1, -0.05) is 30.3 Å². The molecule has 3 N–H and O–H groups in total. The predicted molar refractivity (Wildman–Crippen MR) is 164 cm³/mol. The van der Waals surface area contributed by atoms with E-state index < -0.39 is 5.97 Å². The summed E-state index contributed by atoms with van der Waals surface area (Å²) in [6.45, 7) is 8.40. The van der Waals surface area contributed by atoms with Crippen LogP contribution in [0.15, 0.2) is 72.9 Å². The molecule has 1 saturated heterocycles. The molecule has 41 heavy (non-hydrogen) atoms. The Bertz CT molecular complexity index is 1630. The maximum Gasteiger partial charge on any atom is 0.335 e. The van der Waals surface area contributed by atoms with E-state index >= 15 is 0 Å². The van der Waals surface area contributed by atoms with Crippen LogP contribution in [-0.2, 0) is 4.79 Å². The van der Waals surface area contributed by atoms with Crippen molar-refractivity contribution in [1.82, 2.24) is 19.8 Å². The van der Waals surface area contributed by atoms with Crippen LogP contribution in [0, 0.1) is 27.7 Å². The second kappa shape index (κ2) is 11.5. The van der Waals surface area contributed by atoms with Gasteiger partial charge in [-0.05, 0) is 93.0 Å². The van der Waals surface area contributed by atoms with Crippen LogP contribution in [0.25, 0.3) is 5.69 Å². The van der Waals surface area contributed by atoms with E-state index in [1.54, 1.807) is 18.3 Å². The third-order valence-corrected chi connectivity index (χ3v) is 8.03. The summed E-state index contributed by atoms with van der Waals surface area (Å²) in [5, 5.41) is 16.7. The van der Waals surface area contributed by atoms with Crippen molar-refractivity contribution in [1.29, 1.82) is 0 Å². The van der Waals surface area contributed by atoms with E-state index in [9.17, 15) is 14.7 Å². The highest BCUT2D eigenvalue weighted by Gasteiger charge is 2.41. The fourth-order valence-corrected chi connectivity index (χ4v) is 5.91. The van der Waals surface area contributed by atoms with Gasteiger partial charge in [0.05, 0.1) is 23.3 Å². The van der Waals surface area contributed by atoms with Gasteiger partial charge in [-0.25, -0.2) is 4.79 Å². The molecule has 0 saturated carbocycles. The Morgan fingerprint density at radius 3 is 2.46 bits per heavy atom. The number of nitrogens with one attached hydrogen (secondary N) is 2. The van der Waals surface area contributed by atoms with Crippen LogP contribution >= 0.6 is 12.2 Å². The highest BCUT2D eigenvalue weighted by Crippen LogP contribution is 2.41. The molecule has 2 aromatic heterocycles. The standard InChI is InChI=1S/C32H33N5O3S/c1-19-9-5-6-10-25(19)34-28(38)14-16-36-30(29(35-32(36)41)26-11-7-8-15-33-26)24-17-21(3)37(22(24)4)27-18-23(31(39)40)13-12-20(27)2/h5-13,15,17-18,29-30H,14,16H2,1-4H3,(H,34,38)(H,35,41)(H,39,40)/t29-,30-/m0/s1. The number of carboxylic acids is 1. The topological polar surface area (TPSA) is 99.5 Å². The van der Waals surface area contributed by atoms with Crippen molar-refractivity contribution in [2.75, 3.05) is 11.9 Å². The average Bonchev–Trinajstić information content (AvgIpc) is 3.43. The first kappa shape index (κ1) is 28.0. The molecule has 2 atom stereocenters. The summed E-state index contributed by atoms with van der Waals surface area (Å²) in [6.07, 6.45) is 2.01. The van der Waals surface area contributed by atoms with Gasteiger partial charge < -0.3 is 25.2 Å². The largest absolute Gasteiger partial charge is 0.478 e. The molecule has 0 spiro atoms. The van der Waals surface area contributed by atoms with Crippen LogP contribution in [0.2, 0.25) is 0 Å². The number of hydrogen-bond donors (Lipinski definition) is 3. The van der Waals surface area contributed by atoms with Gasteiger partial charge >= 0.3 is 5.97 Å². The molecule has 1 aliphatic rings. The molecule has 2 aromatic carbocycles. The van der Waals surface area contributed by atoms with E-state index in [4.69, 9.17) is 12.2 Å². The van der Waals surface area contributed by atoms with Crippen molar-refractivity contribution in [2.24, 2.45) is 0 Å². The van der Waals surface area contributed by atoms with E-state index in [1.165, 1.54) is 0 Å². The van der Waals surface area contributed by atoms with Crippen molar-refractivity contribution < 1.29 is 14.7 Å². The summed E-state index contributed by atoms with van der Waals surface area (Å²) in [4.78, 5) is 31.4. The van der Waals surface area contributed by atoms with Crippen molar-refractivity contribution in [3.8, 4) is 5.69 Å². The number of anilines is 1. The third kappa shape index (κ3) is 5.58. The average molecular weight is 568 g/mol. The molecule has 0 bridgehead atoms. The highest BCUT2D eigenvalue weighted by molar-refractivity contribution is 7.80. The molecular formula is C32H33N5O3S. The fourth-order valence-electron chi connectivity index (χ4n) is 5.57. The molecule has 210 valence electrons. The number of nitrogens with zero attached hydrogens (tertiary/aromatic N) is 3. The molecule has 1 amide bonds. The Labute approximate surface area is 245 Å². The van der Waals surface area contributed by atoms with Crippen molar-refractivity contribution >= 4 is 34.9 Å². The van der Waals surface area contributed by atoms with E-state index in [1.807, 2.05) is 76.2 Å². The molecule has 0 radical (unpaired) electrons. The lowest BCUT2D eigenvalue weighted by molar-refractivity contribution is -0.116. The molecule has 0 aliphatic carbocycles. The van der Waals surface area contributed by atoms with Crippen LogP contribution in [0.4, 0.5) is 5.69 Å². The lowest BCUT2D eigenvalue weighted by Crippen LogP contribution is -2.33. The lowest BCUT2D eigenvalue weighted by Gasteiger charge is -2.28. The Balaban J connectivity index is 1.51. The second-order valence-corrected chi connectivity index (χ2v) is 10.8. The molecule has 4 aromatic rings. The van der Waals surface area contributed by atoms with Gasteiger partial charge in [0, 0.05) is 41.9 Å². The summed E-state index contributed by atoms with van der Waals surface area (Å²) in [7, 11) is 0. The number of carbonyl (C=O) groups excluding carboxylic acids is 1. The van der Waals surface area contributed by atoms with Gasteiger partial charge in [0.2, 0.25) is 5.91 Å². The van der Waals surface area contributed by atoms with Gasteiger partial charge in [0.1, 0.15) is 0 Å². The number of thiocarbonyl (C=S) groups is 1. The SMILES string of the molecule is Cc1ccccc1NC(=O)CCN1C(=S)N[C@@H](c2ccccn2)[C@@H]1c1cc(C)n(-c2cc(C(=O)O)ccc2C)c1C. The number of amides is 1. The Morgan fingerprint density at radius 2 is 1.76 bits per heavy atom. The fraction of sp³-hybridized carbons (Fsp3) is 0.250. The number of carboxylic acid groups (broad SMARTS) is 1. The number of pyridine rings is 1. The maximum atomic E-state index is 13.0.